The van der Waals surface area contributed by atoms with E-state index in [1.807, 2.05) is 0 Å². The molecule has 1 aromatic heterocycles. The number of carboxylic acid groups (broad SMARTS) is 1. The number of hydrogen-bond donors (Lipinski definition) is 2. The first kappa shape index (κ1) is 14.5. The highest BCUT2D eigenvalue weighted by Gasteiger charge is 2.38. The van der Waals surface area contributed by atoms with Crippen molar-refractivity contribution in [2.75, 3.05) is 0 Å². The molecule has 2 N–H and O–H groups in total. The molecule has 100 valence electrons. The van der Waals surface area contributed by atoms with Crippen LogP contribution in [0.5, 0.6) is 0 Å². The number of carbonyl (C=O) groups is 2. The van der Waals surface area contributed by atoms with Gasteiger partial charge >= 0.3 is 18.1 Å². The average molecular weight is 281 g/mol. The Morgan fingerprint density at radius 2 is 1.83 bits per heavy atom. The van der Waals surface area contributed by atoms with E-state index in [0.29, 0.717) is 9.75 Å². The number of amides is 1. The smallest absolute Gasteiger partial charge is 0.471 e. The third-order valence-corrected chi connectivity index (χ3v) is 3.34. The summed E-state index contributed by atoms with van der Waals surface area (Å²) >= 11 is 1.17. The van der Waals surface area contributed by atoms with Crippen molar-refractivity contribution >= 4 is 23.2 Å². The number of aromatic carboxylic acids is 1. The minimum Gasteiger partial charge on any atom is -0.478 e. The highest BCUT2D eigenvalue weighted by Crippen LogP contribution is 2.27. The Kier molecular flexibility index (Phi) is 4.00. The van der Waals surface area contributed by atoms with E-state index in [2.05, 4.69) is 0 Å². The van der Waals surface area contributed by atoms with Crippen molar-refractivity contribution in [3.63, 3.8) is 0 Å². The van der Waals surface area contributed by atoms with Gasteiger partial charge in [-0.05, 0) is 19.4 Å². The zero-order chi connectivity index (χ0) is 14.1. The van der Waals surface area contributed by atoms with E-state index >= 15 is 0 Å². The molecule has 0 fully saturated rings. The number of rotatable bonds is 3. The first-order chi connectivity index (χ1) is 8.14. The quantitative estimate of drug-likeness (QED) is 0.893. The van der Waals surface area contributed by atoms with Crippen LogP contribution in [0.1, 0.15) is 25.7 Å². The number of alkyl halides is 3. The van der Waals surface area contributed by atoms with E-state index in [4.69, 9.17) is 5.11 Å². The molecule has 0 saturated heterocycles. The average Bonchev–Trinajstić information content (AvgIpc) is 2.48. The molecule has 0 aliphatic carbocycles. The second-order valence-corrected chi connectivity index (χ2v) is 4.98. The van der Waals surface area contributed by atoms with Gasteiger partial charge in [-0.3, -0.25) is 4.79 Å². The van der Waals surface area contributed by atoms with Gasteiger partial charge in [0.15, 0.2) is 0 Å². The number of carboxylic acids is 1. The molecular weight excluding hydrogens is 271 g/mol. The topological polar surface area (TPSA) is 66.4 Å². The Hall–Kier alpha value is -1.57. The Morgan fingerprint density at radius 3 is 2.28 bits per heavy atom. The van der Waals surface area contributed by atoms with Crippen molar-refractivity contribution in [2.45, 2.75) is 26.6 Å². The first-order valence-electron chi connectivity index (χ1n) is 4.81. The Bertz CT molecular complexity index is 493. The number of nitrogens with one attached hydrogen (secondary N) is 1. The van der Waals surface area contributed by atoms with Gasteiger partial charge in [0, 0.05) is 16.3 Å². The minimum absolute atomic E-state index is 0.0417. The summed E-state index contributed by atoms with van der Waals surface area (Å²) in [6, 6.07) is 0. The number of carbonyl (C=O) groups excluding carboxylic acids is 1. The maximum atomic E-state index is 12.0. The second-order valence-electron chi connectivity index (χ2n) is 3.55. The lowest BCUT2D eigenvalue weighted by Crippen LogP contribution is -2.36. The molecule has 0 bridgehead atoms. The minimum atomic E-state index is -4.97. The first-order valence-corrected chi connectivity index (χ1v) is 5.63. The number of halogens is 3. The van der Waals surface area contributed by atoms with Gasteiger partial charge < -0.3 is 10.4 Å². The summed E-state index contributed by atoms with van der Waals surface area (Å²) in [6.07, 6.45) is -4.97. The molecule has 0 spiro atoms. The van der Waals surface area contributed by atoms with Crippen LogP contribution in [0, 0.1) is 13.8 Å². The van der Waals surface area contributed by atoms with E-state index in [0.717, 1.165) is 0 Å². The molecule has 4 nitrogen and oxygen atoms in total. The molecule has 1 rings (SSSR count). The maximum Gasteiger partial charge on any atom is 0.471 e. The van der Waals surface area contributed by atoms with Crippen LogP contribution < -0.4 is 5.32 Å². The standard InChI is InChI=1S/C10H10F3NO3S/c1-4-6(3-14-9(17)10(11,12)13)7(8(15)16)5(2)18-4/h3H2,1-2H3,(H,14,17)(H,15,16). The Morgan fingerprint density at radius 1 is 1.28 bits per heavy atom. The van der Waals surface area contributed by atoms with Gasteiger partial charge in [-0.15, -0.1) is 11.3 Å². The summed E-state index contributed by atoms with van der Waals surface area (Å²) in [5.74, 6) is -3.30. The van der Waals surface area contributed by atoms with Gasteiger partial charge in [-0.1, -0.05) is 0 Å². The van der Waals surface area contributed by atoms with Crippen LogP contribution in [-0.2, 0) is 11.3 Å². The summed E-state index contributed by atoms with van der Waals surface area (Å²) in [5, 5.41) is 10.6. The molecule has 1 heterocycles. The Labute approximate surface area is 104 Å². The summed E-state index contributed by atoms with van der Waals surface area (Å²) < 4.78 is 36.0. The summed E-state index contributed by atoms with van der Waals surface area (Å²) in [4.78, 5) is 22.7. The van der Waals surface area contributed by atoms with Crippen LogP contribution in [0.25, 0.3) is 0 Å². The molecule has 0 aliphatic heterocycles. The molecule has 0 unspecified atom stereocenters. The van der Waals surface area contributed by atoms with Crippen LogP contribution in [-0.4, -0.2) is 23.2 Å². The Balaban J connectivity index is 2.92. The van der Waals surface area contributed by atoms with Gasteiger partial charge in [-0.2, -0.15) is 13.2 Å². The molecule has 18 heavy (non-hydrogen) atoms. The van der Waals surface area contributed by atoms with Crippen LogP contribution in [0.3, 0.4) is 0 Å². The zero-order valence-electron chi connectivity index (χ0n) is 9.51. The molecule has 8 heteroatoms. The van der Waals surface area contributed by atoms with Crippen LogP contribution in [0.2, 0.25) is 0 Å². The largest absolute Gasteiger partial charge is 0.478 e. The van der Waals surface area contributed by atoms with Gasteiger partial charge in [0.2, 0.25) is 0 Å². The lowest BCUT2D eigenvalue weighted by Gasteiger charge is -2.08. The van der Waals surface area contributed by atoms with Crippen LogP contribution >= 0.6 is 11.3 Å². The molecule has 0 saturated carbocycles. The molecule has 1 amide bonds. The third-order valence-electron chi connectivity index (χ3n) is 2.28. The fraction of sp³-hybridized carbons (Fsp3) is 0.400. The lowest BCUT2D eigenvalue weighted by atomic mass is 10.1. The van der Waals surface area contributed by atoms with E-state index in [9.17, 15) is 22.8 Å². The van der Waals surface area contributed by atoms with Crippen molar-refractivity contribution in [2.24, 2.45) is 0 Å². The summed E-state index contributed by atoms with van der Waals surface area (Å²) in [6.45, 7) is 2.71. The van der Waals surface area contributed by atoms with E-state index in [1.54, 1.807) is 19.2 Å². The number of aryl methyl sites for hydroxylation is 2. The summed E-state index contributed by atoms with van der Waals surface area (Å²) in [5.41, 5.74) is 0.169. The van der Waals surface area contributed by atoms with Crippen molar-refractivity contribution in [3.05, 3.63) is 20.9 Å². The molecular formula is C10H10F3NO3S. The monoisotopic (exact) mass is 281 g/mol. The molecule has 0 atom stereocenters. The zero-order valence-corrected chi connectivity index (χ0v) is 10.3. The predicted molar refractivity (Wildman–Crippen MR) is 58.7 cm³/mol. The normalized spacial score (nSPS) is 11.4. The SMILES string of the molecule is Cc1sc(C)c(C(=O)O)c1CNC(=O)C(F)(F)F. The van der Waals surface area contributed by atoms with E-state index in [-0.39, 0.29) is 11.1 Å². The van der Waals surface area contributed by atoms with Crippen molar-refractivity contribution < 1.29 is 27.9 Å². The van der Waals surface area contributed by atoms with E-state index < -0.39 is 24.6 Å². The maximum absolute atomic E-state index is 12.0. The van der Waals surface area contributed by atoms with Crippen LogP contribution in [0.15, 0.2) is 0 Å². The predicted octanol–water partition coefficient (Wildman–Crippen LogP) is 2.24. The molecule has 0 radical (unpaired) electrons. The fourth-order valence-corrected chi connectivity index (χ4v) is 2.56. The highest BCUT2D eigenvalue weighted by atomic mass is 32.1. The van der Waals surface area contributed by atoms with Crippen molar-refractivity contribution in [1.82, 2.24) is 5.32 Å². The second kappa shape index (κ2) is 4.97. The molecule has 0 aliphatic rings. The van der Waals surface area contributed by atoms with Crippen LogP contribution in [0.4, 0.5) is 13.2 Å². The fourth-order valence-electron chi connectivity index (χ4n) is 1.49. The molecule has 1 aromatic rings. The van der Waals surface area contributed by atoms with Gasteiger partial charge in [0.05, 0.1) is 5.56 Å². The highest BCUT2D eigenvalue weighted by molar-refractivity contribution is 7.12. The number of thiophene rings is 1. The molecule has 0 aromatic carbocycles. The van der Waals surface area contributed by atoms with Crippen molar-refractivity contribution in [3.8, 4) is 0 Å². The van der Waals surface area contributed by atoms with E-state index in [1.165, 1.54) is 11.3 Å². The van der Waals surface area contributed by atoms with Gasteiger partial charge in [-0.25, -0.2) is 4.79 Å². The van der Waals surface area contributed by atoms with Gasteiger partial charge in [0.25, 0.3) is 0 Å². The lowest BCUT2D eigenvalue weighted by molar-refractivity contribution is -0.173. The summed E-state index contributed by atoms with van der Waals surface area (Å²) in [7, 11) is 0. The van der Waals surface area contributed by atoms with Crippen molar-refractivity contribution in [1.29, 1.82) is 0 Å². The van der Waals surface area contributed by atoms with Gasteiger partial charge in [0.1, 0.15) is 0 Å². The number of hydrogen-bond acceptors (Lipinski definition) is 3. The third kappa shape index (κ3) is 3.00.